The molecule has 4 rings (SSSR count). The molecule has 198 valence electrons. The molecule has 1 fully saturated rings. The van der Waals surface area contributed by atoms with Crippen LogP contribution in [0.3, 0.4) is 0 Å². The average molecular weight is 515 g/mol. The van der Waals surface area contributed by atoms with Crippen LogP contribution in [0.2, 0.25) is 0 Å². The molecular weight excluding hydrogens is 480 g/mol. The van der Waals surface area contributed by atoms with Crippen LogP contribution in [0.25, 0.3) is 5.76 Å². The Labute approximate surface area is 223 Å². The highest BCUT2D eigenvalue weighted by molar-refractivity contribution is 6.46. The van der Waals surface area contributed by atoms with Gasteiger partial charge < -0.3 is 24.4 Å². The van der Waals surface area contributed by atoms with Crippen molar-refractivity contribution >= 4 is 17.4 Å². The highest BCUT2D eigenvalue weighted by atomic mass is 16.5. The number of likely N-dealkylation sites (tertiary alicyclic amines) is 1. The number of amides is 1. The fraction of sp³-hybridized carbons (Fsp3) is 0.290. The van der Waals surface area contributed by atoms with E-state index in [-0.39, 0.29) is 11.3 Å². The number of carbonyl (C=O) groups excluding carboxylic acids is 2. The van der Waals surface area contributed by atoms with Crippen LogP contribution in [0.4, 0.5) is 0 Å². The van der Waals surface area contributed by atoms with Gasteiger partial charge in [0, 0.05) is 18.7 Å². The number of para-hydroxylation sites is 1. The Balaban J connectivity index is 1.55. The zero-order chi connectivity index (χ0) is 27.2. The van der Waals surface area contributed by atoms with Gasteiger partial charge in [0.05, 0.1) is 11.6 Å². The summed E-state index contributed by atoms with van der Waals surface area (Å²) >= 11 is 0. The summed E-state index contributed by atoms with van der Waals surface area (Å²) in [6, 6.07) is 21.6. The average Bonchev–Trinajstić information content (AvgIpc) is 3.16. The normalized spacial score (nSPS) is 16.8. The van der Waals surface area contributed by atoms with Crippen LogP contribution in [0, 0.1) is 13.8 Å². The van der Waals surface area contributed by atoms with E-state index < -0.39 is 17.7 Å². The maximum absolute atomic E-state index is 13.1. The van der Waals surface area contributed by atoms with Crippen LogP contribution in [0.15, 0.2) is 78.4 Å². The van der Waals surface area contributed by atoms with E-state index in [1.165, 1.54) is 4.90 Å². The predicted molar refractivity (Wildman–Crippen MR) is 147 cm³/mol. The Morgan fingerprint density at radius 1 is 0.895 bits per heavy atom. The fourth-order valence-electron chi connectivity index (χ4n) is 4.41. The van der Waals surface area contributed by atoms with Crippen LogP contribution < -0.4 is 9.47 Å². The zero-order valence-electron chi connectivity index (χ0n) is 22.3. The van der Waals surface area contributed by atoms with E-state index in [0.717, 1.165) is 22.4 Å². The summed E-state index contributed by atoms with van der Waals surface area (Å²) in [6.07, 6.45) is 0. The predicted octanol–water partition coefficient (Wildman–Crippen LogP) is 4.74. The van der Waals surface area contributed by atoms with Crippen LogP contribution in [-0.4, -0.2) is 67.0 Å². The summed E-state index contributed by atoms with van der Waals surface area (Å²) in [5.74, 6) is 0.00697. The molecule has 1 atom stereocenters. The number of likely N-dealkylation sites (N-methyl/N-ethyl adjacent to an activating group) is 1. The highest BCUT2D eigenvalue weighted by Crippen LogP contribution is 2.39. The number of hydrogen-bond acceptors (Lipinski definition) is 6. The Kier molecular flexibility index (Phi) is 8.48. The third-order valence-corrected chi connectivity index (χ3v) is 6.55. The number of ether oxygens (including phenoxy) is 2. The van der Waals surface area contributed by atoms with Gasteiger partial charge in [0.25, 0.3) is 11.7 Å². The van der Waals surface area contributed by atoms with E-state index >= 15 is 0 Å². The van der Waals surface area contributed by atoms with Crippen molar-refractivity contribution in [3.63, 3.8) is 0 Å². The van der Waals surface area contributed by atoms with E-state index in [1.807, 2.05) is 81.4 Å². The number of aliphatic hydroxyl groups is 1. The molecule has 0 spiro atoms. The summed E-state index contributed by atoms with van der Waals surface area (Å²) in [6.45, 7) is 5.63. The summed E-state index contributed by atoms with van der Waals surface area (Å²) < 4.78 is 11.6. The number of ketones is 1. The van der Waals surface area contributed by atoms with Crippen molar-refractivity contribution in [2.45, 2.75) is 19.9 Å². The molecule has 7 nitrogen and oxygen atoms in total. The Morgan fingerprint density at radius 3 is 2.21 bits per heavy atom. The maximum atomic E-state index is 13.1. The van der Waals surface area contributed by atoms with Gasteiger partial charge in [-0.2, -0.15) is 0 Å². The summed E-state index contributed by atoms with van der Waals surface area (Å²) in [4.78, 5) is 29.7. The maximum Gasteiger partial charge on any atom is 0.295 e. The van der Waals surface area contributed by atoms with Gasteiger partial charge in [-0.25, -0.2) is 0 Å². The molecule has 0 aromatic heterocycles. The number of Topliss-reactive ketones (excluding diaryl/α,β-unsaturated/α-hetero) is 1. The summed E-state index contributed by atoms with van der Waals surface area (Å²) in [7, 11) is 3.82. The lowest BCUT2D eigenvalue weighted by Crippen LogP contribution is -2.35. The fourth-order valence-corrected chi connectivity index (χ4v) is 4.41. The van der Waals surface area contributed by atoms with Gasteiger partial charge in [0.2, 0.25) is 0 Å². The zero-order valence-corrected chi connectivity index (χ0v) is 22.3. The first-order valence-corrected chi connectivity index (χ1v) is 12.7. The molecule has 0 saturated carbocycles. The van der Waals surface area contributed by atoms with Crippen molar-refractivity contribution < 1.29 is 24.2 Å². The Morgan fingerprint density at radius 2 is 1.55 bits per heavy atom. The van der Waals surface area contributed by atoms with Crippen molar-refractivity contribution in [3.8, 4) is 11.5 Å². The van der Waals surface area contributed by atoms with E-state index in [0.29, 0.717) is 37.6 Å². The first-order chi connectivity index (χ1) is 18.3. The van der Waals surface area contributed by atoms with Gasteiger partial charge >= 0.3 is 0 Å². The number of carbonyl (C=O) groups is 2. The summed E-state index contributed by atoms with van der Waals surface area (Å²) in [5, 5.41) is 11.2. The lowest BCUT2D eigenvalue weighted by Gasteiger charge is -2.26. The lowest BCUT2D eigenvalue weighted by molar-refractivity contribution is -0.140. The molecule has 0 radical (unpaired) electrons. The van der Waals surface area contributed by atoms with Gasteiger partial charge in [0.1, 0.15) is 30.5 Å². The second-order valence-corrected chi connectivity index (χ2v) is 9.69. The SMILES string of the molecule is Cc1ccc(/C(O)=C2\C(=O)C(=O)N(CCN(C)C)[C@H]2c2ccc(OCCOc3ccccc3C)cc2)cc1. The molecule has 3 aromatic carbocycles. The van der Waals surface area contributed by atoms with Crippen molar-refractivity contribution in [2.24, 2.45) is 0 Å². The lowest BCUT2D eigenvalue weighted by atomic mass is 9.95. The molecule has 1 heterocycles. The minimum Gasteiger partial charge on any atom is -0.507 e. The minimum absolute atomic E-state index is 0.0953. The minimum atomic E-state index is -0.699. The van der Waals surface area contributed by atoms with Gasteiger partial charge in [-0.15, -0.1) is 0 Å². The van der Waals surface area contributed by atoms with E-state index in [4.69, 9.17) is 9.47 Å². The standard InChI is InChI=1S/C31H34N2O5/c1-21-9-11-24(12-10-21)29(34)27-28(33(18-17-32(3)4)31(36)30(27)35)23-13-15-25(16-14-23)37-19-20-38-26-8-6-5-7-22(26)2/h5-16,28,34H,17-20H2,1-4H3/b29-27+/t28-/m0/s1. The van der Waals surface area contributed by atoms with Gasteiger partial charge in [-0.1, -0.05) is 60.2 Å². The molecule has 3 aromatic rings. The molecule has 1 amide bonds. The second kappa shape index (κ2) is 12.0. The second-order valence-electron chi connectivity index (χ2n) is 9.69. The monoisotopic (exact) mass is 514 g/mol. The van der Waals surface area contributed by atoms with Gasteiger partial charge in [0.15, 0.2) is 0 Å². The first kappa shape index (κ1) is 26.9. The molecule has 0 bridgehead atoms. The quantitative estimate of drug-likeness (QED) is 0.182. The van der Waals surface area contributed by atoms with Gasteiger partial charge in [-0.3, -0.25) is 9.59 Å². The van der Waals surface area contributed by atoms with Crippen LogP contribution in [0.5, 0.6) is 11.5 Å². The third kappa shape index (κ3) is 6.06. The number of hydrogen-bond donors (Lipinski definition) is 1. The number of rotatable bonds is 10. The molecule has 1 N–H and O–H groups in total. The van der Waals surface area contributed by atoms with Crippen LogP contribution >= 0.6 is 0 Å². The number of benzene rings is 3. The third-order valence-electron chi connectivity index (χ3n) is 6.55. The molecule has 1 aliphatic heterocycles. The largest absolute Gasteiger partial charge is 0.507 e. The van der Waals surface area contributed by atoms with E-state index in [2.05, 4.69) is 0 Å². The molecule has 0 aliphatic carbocycles. The van der Waals surface area contributed by atoms with Crippen LogP contribution in [0.1, 0.15) is 28.3 Å². The summed E-state index contributed by atoms with van der Waals surface area (Å²) in [5.41, 5.74) is 3.41. The number of nitrogens with zero attached hydrogens (tertiary/aromatic N) is 2. The number of aryl methyl sites for hydroxylation is 2. The van der Waals surface area contributed by atoms with E-state index in [9.17, 15) is 14.7 Å². The molecule has 1 saturated heterocycles. The van der Waals surface area contributed by atoms with Gasteiger partial charge in [-0.05, 0) is 57.3 Å². The highest BCUT2D eigenvalue weighted by Gasteiger charge is 2.45. The smallest absolute Gasteiger partial charge is 0.295 e. The molecular formula is C31H34N2O5. The molecule has 7 heteroatoms. The van der Waals surface area contributed by atoms with Crippen molar-refractivity contribution in [3.05, 3.63) is 101 Å². The Hall–Kier alpha value is -4.10. The van der Waals surface area contributed by atoms with E-state index in [1.54, 1.807) is 24.3 Å². The first-order valence-electron chi connectivity index (χ1n) is 12.7. The van der Waals surface area contributed by atoms with Crippen molar-refractivity contribution in [1.29, 1.82) is 0 Å². The van der Waals surface area contributed by atoms with Crippen LogP contribution in [-0.2, 0) is 9.59 Å². The topological polar surface area (TPSA) is 79.3 Å². The number of aliphatic hydroxyl groups excluding tert-OH is 1. The van der Waals surface area contributed by atoms with Crippen molar-refractivity contribution in [1.82, 2.24) is 9.80 Å². The van der Waals surface area contributed by atoms with Crippen molar-refractivity contribution in [2.75, 3.05) is 40.4 Å². The Bertz CT molecular complexity index is 1310. The molecule has 0 unspecified atom stereocenters. The molecule has 38 heavy (non-hydrogen) atoms. The molecule has 1 aliphatic rings.